The lowest BCUT2D eigenvalue weighted by Gasteiger charge is -2.15. The van der Waals surface area contributed by atoms with Crippen molar-refractivity contribution in [3.8, 4) is 21.8 Å². The number of nitrogens with zero attached hydrogens (tertiary/aromatic N) is 4. The molecule has 25 heavy (non-hydrogen) atoms. The number of nitrogen functional groups attached to an aromatic ring is 1. The smallest absolute Gasteiger partial charge is 0.213 e. The molecule has 0 atom stereocenters. The largest absolute Gasteiger partial charge is 0.384 e. The summed E-state index contributed by atoms with van der Waals surface area (Å²) in [6, 6.07) is 3.96. The molecule has 3 aromatic heterocycles. The average molecular weight is 354 g/mol. The molecular formula is C17H18N6OS. The number of pyridine rings is 1. The van der Waals surface area contributed by atoms with E-state index in [-0.39, 0.29) is 6.04 Å². The van der Waals surface area contributed by atoms with Crippen molar-refractivity contribution < 1.29 is 4.79 Å². The molecule has 0 saturated carbocycles. The van der Waals surface area contributed by atoms with Gasteiger partial charge in [-0.2, -0.15) is 5.10 Å². The van der Waals surface area contributed by atoms with E-state index in [4.69, 9.17) is 10.8 Å². The molecule has 3 heterocycles. The Balaban J connectivity index is 1.91. The molecule has 4 rings (SSSR count). The monoisotopic (exact) mass is 354 g/mol. The molecule has 0 unspecified atom stereocenters. The molecule has 1 aliphatic carbocycles. The molecule has 8 heteroatoms. The molecule has 1 amide bonds. The molecule has 0 fully saturated rings. The van der Waals surface area contributed by atoms with Crippen molar-refractivity contribution in [2.45, 2.75) is 32.7 Å². The number of anilines is 2. The van der Waals surface area contributed by atoms with Crippen molar-refractivity contribution in [2.75, 3.05) is 11.1 Å². The number of nitrogens with one attached hydrogen (secondary N) is 1. The number of aromatic nitrogens is 4. The third-order valence-corrected chi connectivity index (χ3v) is 5.30. The summed E-state index contributed by atoms with van der Waals surface area (Å²) in [4.78, 5) is 20.6. The van der Waals surface area contributed by atoms with E-state index >= 15 is 0 Å². The summed E-state index contributed by atoms with van der Waals surface area (Å²) in [5.74, 6) is 0.496. The first-order valence-corrected chi connectivity index (χ1v) is 8.93. The third kappa shape index (κ3) is 2.58. The third-order valence-electron chi connectivity index (χ3n) is 4.26. The highest BCUT2D eigenvalue weighted by Gasteiger charge is 2.29. The molecule has 0 radical (unpaired) electrons. The summed E-state index contributed by atoms with van der Waals surface area (Å²) in [5.41, 5.74) is 10.9. The fourth-order valence-corrected chi connectivity index (χ4v) is 4.19. The topological polar surface area (TPSA) is 98.7 Å². The summed E-state index contributed by atoms with van der Waals surface area (Å²) < 4.78 is 2.04. The maximum absolute atomic E-state index is 10.7. The first-order chi connectivity index (χ1) is 12.1. The standard InChI is InChI=1S/C17H18N6OS/c1-9(2)23-15-11(14(22-23)10-3-6-13(18)19-7-10)4-5-12-16(15)25-17(21-12)20-8-24/h3,6-9H,4-5H2,1-2H3,(H2,18,19)(H,20,21,24). The highest BCUT2D eigenvalue weighted by molar-refractivity contribution is 7.19. The normalized spacial score (nSPS) is 12.8. The predicted octanol–water partition coefficient (Wildman–Crippen LogP) is 2.90. The molecule has 1 aliphatic rings. The lowest BCUT2D eigenvalue weighted by Crippen LogP contribution is -2.08. The Kier molecular flexibility index (Phi) is 3.76. The van der Waals surface area contributed by atoms with E-state index < -0.39 is 0 Å². The van der Waals surface area contributed by atoms with Gasteiger partial charge in [0.25, 0.3) is 0 Å². The molecule has 0 bridgehead atoms. The van der Waals surface area contributed by atoms with Crippen LogP contribution in [0.2, 0.25) is 0 Å². The summed E-state index contributed by atoms with van der Waals surface area (Å²) in [6.07, 6.45) is 4.12. The zero-order valence-electron chi connectivity index (χ0n) is 14.0. The van der Waals surface area contributed by atoms with Crippen LogP contribution in [0, 0.1) is 0 Å². The Morgan fingerprint density at radius 3 is 2.88 bits per heavy atom. The second kappa shape index (κ2) is 5.96. The molecule has 7 nitrogen and oxygen atoms in total. The Bertz CT molecular complexity index is 941. The zero-order valence-corrected chi connectivity index (χ0v) is 14.8. The van der Waals surface area contributed by atoms with E-state index in [1.807, 2.05) is 10.7 Å². The van der Waals surface area contributed by atoms with Crippen molar-refractivity contribution >= 4 is 28.7 Å². The van der Waals surface area contributed by atoms with Gasteiger partial charge in [0.2, 0.25) is 6.41 Å². The van der Waals surface area contributed by atoms with E-state index in [0.717, 1.165) is 40.4 Å². The summed E-state index contributed by atoms with van der Waals surface area (Å²) in [5, 5.41) is 8.16. The number of hydrogen-bond acceptors (Lipinski definition) is 6. The van der Waals surface area contributed by atoms with Gasteiger partial charge in [-0.15, -0.1) is 0 Å². The van der Waals surface area contributed by atoms with Crippen LogP contribution in [0.25, 0.3) is 21.8 Å². The second-order valence-electron chi connectivity index (χ2n) is 6.24. The minimum atomic E-state index is 0.208. The van der Waals surface area contributed by atoms with Crippen molar-refractivity contribution in [3.63, 3.8) is 0 Å². The highest BCUT2D eigenvalue weighted by Crippen LogP contribution is 2.43. The minimum absolute atomic E-state index is 0.208. The summed E-state index contributed by atoms with van der Waals surface area (Å²) in [6.45, 7) is 4.22. The van der Waals surface area contributed by atoms with Crippen molar-refractivity contribution in [1.29, 1.82) is 0 Å². The van der Waals surface area contributed by atoms with Crippen LogP contribution in [-0.2, 0) is 17.6 Å². The maximum atomic E-state index is 10.7. The van der Waals surface area contributed by atoms with Crippen LogP contribution in [0.1, 0.15) is 31.1 Å². The Labute approximate surface area is 148 Å². The zero-order chi connectivity index (χ0) is 17.6. The number of rotatable bonds is 4. The van der Waals surface area contributed by atoms with E-state index in [9.17, 15) is 4.79 Å². The number of amides is 1. The fraction of sp³-hybridized carbons (Fsp3) is 0.294. The summed E-state index contributed by atoms with van der Waals surface area (Å²) in [7, 11) is 0. The van der Waals surface area contributed by atoms with Gasteiger partial charge in [0, 0.05) is 23.4 Å². The molecule has 3 N–H and O–H groups in total. The van der Waals surface area contributed by atoms with Crippen LogP contribution in [0.4, 0.5) is 10.9 Å². The van der Waals surface area contributed by atoms with Gasteiger partial charge >= 0.3 is 0 Å². The van der Waals surface area contributed by atoms with Gasteiger partial charge in [0.1, 0.15) is 5.82 Å². The van der Waals surface area contributed by atoms with Crippen molar-refractivity contribution in [2.24, 2.45) is 0 Å². The van der Waals surface area contributed by atoms with Crippen LogP contribution in [-0.4, -0.2) is 26.2 Å². The van der Waals surface area contributed by atoms with Crippen molar-refractivity contribution in [3.05, 3.63) is 29.6 Å². The van der Waals surface area contributed by atoms with Gasteiger partial charge in [-0.25, -0.2) is 9.97 Å². The SMILES string of the molecule is CC(C)n1nc(-c2ccc(N)nc2)c2c1-c1sc(NC=O)nc1CC2. The van der Waals surface area contributed by atoms with Gasteiger partial charge < -0.3 is 11.1 Å². The van der Waals surface area contributed by atoms with Crippen LogP contribution in [0.3, 0.4) is 0 Å². The average Bonchev–Trinajstić information content (AvgIpc) is 3.16. The molecule has 3 aromatic rings. The van der Waals surface area contributed by atoms with E-state index in [1.165, 1.54) is 16.9 Å². The van der Waals surface area contributed by atoms with E-state index in [2.05, 4.69) is 29.1 Å². The van der Waals surface area contributed by atoms with Gasteiger partial charge in [-0.3, -0.25) is 9.48 Å². The van der Waals surface area contributed by atoms with Crippen LogP contribution in [0.15, 0.2) is 18.3 Å². The van der Waals surface area contributed by atoms with E-state index in [0.29, 0.717) is 17.4 Å². The molecule has 0 aromatic carbocycles. The Hall–Kier alpha value is -2.74. The predicted molar refractivity (Wildman–Crippen MR) is 98.5 cm³/mol. The molecule has 128 valence electrons. The van der Waals surface area contributed by atoms with E-state index in [1.54, 1.807) is 12.3 Å². The lowest BCUT2D eigenvalue weighted by molar-refractivity contribution is -0.105. The number of carbonyl (C=O) groups is 1. The van der Waals surface area contributed by atoms with Gasteiger partial charge in [0.15, 0.2) is 5.13 Å². The quantitative estimate of drug-likeness (QED) is 0.702. The van der Waals surface area contributed by atoms with Crippen LogP contribution < -0.4 is 11.1 Å². The number of hydrogen-bond donors (Lipinski definition) is 2. The minimum Gasteiger partial charge on any atom is -0.384 e. The second-order valence-corrected chi connectivity index (χ2v) is 7.24. The number of nitrogens with two attached hydrogens (primary N) is 1. The molecule has 0 aliphatic heterocycles. The Morgan fingerprint density at radius 1 is 1.36 bits per heavy atom. The maximum Gasteiger partial charge on any atom is 0.213 e. The van der Waals surface area contributed by atoms with Crippen LogP contribution >= 0.6 is 11.3 Å². The van der Waals surface area contributed by atoms with Crippen LogP contribution in [0.5, 0.6) is 0 Å². The highest BCUT2D eigenvalue weighted by atomic mass is 32.1. The number of fused-ring (bicyclic) bond motifs is 3. The first kappa shape index (κ1) is 15.8. The molecule has 0 saturated heterocycles. The van der Waals surface area contributed by atoms with Gasteiger partial charge in [-0.05, 0) is 38.8 Å². The first-order valence-electron chi connectivity index (χ1n) is 8.12. The lowest BCUT2D eigenvalue weighted by atomic mass is 9.95. The van der Waals surface area contributed by atoms with Gasteiger partial charge in [-0.1, -0.05) is 11.3 Å². The fourth-order valence-electron chi connectivity index (χ4n) is 3.16. The number of thiazole rings is 1. The Morgan fingerprint density at radius 2 is 2.20 bits per heavy atom. The molecule has 0 spiro atoms. The number of aryl methyl sites for hydroxylation is 1. The molecular weight excluding hydrogens is 336 g/mol. The number of carbonyl (C=O) groups excluding carboxylic acids is 1. The summed E-state index contributed by atoms with van der Waals surface area (Å²) >= 11 is 1.50. The van der Waals surface area contributed by atoms with Crippen molar-refractivity contribution in [1.82, 2.24) is 19.7 Å². The van der Waals surface area contributed by atoms with Gasteiger partial charge in [0.05, 0.1) is 22.0 Å².